The number of aromatic nitrogens is 1. The number of ether oxygens (including phenoxy) is 1. The van der Waals surface area contributed by atoms with Gasteiger partial charge in [-0.3, -0.25) is 0 Å². The lowest BCUT2D eigenvalue weighted by molar-refractivity contribution is 0.447. The van der Waals surface area contributed by atoms with E-state index >= 15 is 0 Å². The molecule has 3 rings (SSSR count). The minimum Gasteiger partial charge on any atom is -0.438 e. The Bertz CT molecular complexity index is 692. The zero-order valence-electron chi connectivity index (χ0n) is 13.0. The minimum atomic E-state index is 0.458. The number of pyridine rings is 1. The van der Waals surface area contributed by atoms with Crippen LogP contribution >= 0.6 is 0 Å². The molecule has 3 heteroatoms. The Kier molecular flexibility index (Phi) is 3.68. The third kappa shape index (κ3) is 2.54. The van der Waals surface area contributed by atoms with E-state index in [-0.39, 0.29) is 0 Å². The average molecular weight is 282 g/mol. The Morgan fingerprint density at radius 3 is 2.67 bits per heavy atom. The summed E-state index contributed by atoms with van der Waals surface area (Å²) in [5, 5.41) is 0. The van der Waals surface area contributed by atoms with Crippen molar-refractivity contribution in [1.82, 2.24) is 4.98 Å². The third-order valence-corrected chi connectivity index (χ3v) is 4.38. The lowest BCUT2D eigenvalue weighted by Gasteiger charge is -2.16. The predicted octanol–water partition coefficient (Wildman–Crippen LogP) is 3.75. The van der Waals surface area contributed by atoms with Crippen LogP contribution in [0.5, 0.6) is 11.6 Å². The van der Waals surface area contributed by atoms with E-state index in [2.05, 4.69) is 39.0 Å². The fourth-order valence-electron chi connectivity index (χ4n) is 2.91. The standard InChI is InChI=1S/C18H22N2O/c1-11-7-8-12(2)17(13(11)3)21-18-15(10-19)9-14-5-4-6-16(14)20-18/h7-9H,4-6,10,19H2,1-3H3. The van der Waals surface area contributed by atoms with Crippen LogP contribution in [0.2, 0.25) is 0 Å². The molecule has 0 spiro atoms. The summed E-state index contributed by atoms with van der Waals surface area (Å²) in [4.78, 5) is 4.73. The highest BCUT2D eigenvalue weighted by molar-refractivity contribution is 5.48. The molecule has 0 radical (unpaired) electrons. The molecule has 2 N–H and O–H groups in total. The van der Waals surface area contributed by atoms with Crippen molar-refractivity contribution in [2.45, 2.75) is 46.6 Å². The highest BCUT2D eigenvalue weighted by Crippen LogP contribution is 2.33. The second-order valence-corrected chi connectivity index (χ2v) is 5.87. The van der Waals surface area contributed by atoms with Gasteiger partial charge in [0.1, 0.15) is 5.75 Å². The highest BCUT2D eigenvalue weighted by Gasteiger charge is 2.18. The zero-order chi connectivity index (χ0) is 15.0. The largest absolute Gasteiger partial charge is 0.438 e. The molecule has 1 aliphatic rings. The van der Waals surface area contributed by atoms with E-state index in [4.69, 9.17) is 15.5 Å². The highest BCUT2D eigenvalue weighted by atomic mass is 16.5. The molecule has 1 aromatic heterocycles. The van der Waals surface area contributed by atoms with Crippen molar-refractivity contribution >= 4 is 0 Å². The number of aryl methyl sites for hydroxylation is 4. The fourth-order valence-corrected chi connectivity index (χ4v) is 2.91. The SMILES string of the molecule is Cc1ccc(C)c(Oc2nc3c(cc2CN)CCC3)c1C. The molecule has 21 heavy (non-hydrogen) atoms. The molecule has 0 atom stereocenters. The third-order valence-electron chi connectivity index (χ3n) is 4.38. The van der Waals surface area contributed by atoms with E-state index in [0.29, 0.717) is 12.4 Å². The van der Waals surface area contributed by atoms with Crippen LogP contribution in [0.1, 0.15) is 39.9 Å². The number of nitrogens with two attached hydrogens (primary N) is 1. The van der Waals surface area contributed by atoms with E-state index < -0.39 is 0 Å². The van der Waals surface area contributed by atoms with Gasteiger partial charge in [-0.1, -0.05) is 12.1 Å². The molecular formula is C18H22N2O. The molecule has 0 fully saturated rings. The van der Waals surface area contributed by atoms with Crippen LogP contribution < -0.4 is 10.5 Å². The van der Waals surface area contributed by atoms with Crippen molar-refractivity contribution in [3.8, 4) is 11.6 Å². The summed E-state index contributed by atoms with van der Waals surface area (Å²) in [5.74, 6) is 1.59. The van der Waals surface area contributed by atoms with Gasteiger partial charge in [0.15, 0.2) is 0 Å². The molecule has 0 unspecified atom stereocenters. The lowest BCUT2D eigenvalue weighted by atomic mass is 10.1. The molecule has 1 aromatic carbocycles. The summed E-state index contributed by atoms with van der Waals surface area (Å²) in [6, 6.07) is 6.38. The first-order chi connectivity index (χ1) is 10.1. The molecule has 1 heterocycles. The number of hydrogen-bond donors (Lipinski definition) is 1. The summed E-state index contributed by atoms with van der Waals surface area (Å²) in [7, 11) is 0. The van der Waals surface area contributed by atoms with Crippen LogP contribution in [0.25, 0.3) is 0 Å². The molecule has 0 aliphatic heterocycles. The number of fused-ring (bicyclic) bond motifs is 1. The first kappa shape index (κ1) is 14.1. The van der Waals surface area contributed by atoms with E-state index in [1.165, 1.54) is 28.8 Å². The summed E-state index contributed by atoms with van der Waals surface area (Å²) in [6.45, 7) is 6.71. The molecule has 110 valence electrons. The molecule has 0 saturated heterocycles. The van der Waals surface area contributed by atoms with Crippen molar-refractivity contribution in [2.24, 2.45) is 5.73 Å². The van der Waals surface area contributed by atoms with E-state index in [0.717, 1.165) is 29.7 Å². The second kappa shape index (κ2) is 5.49. The van der Waals surface area contributed by atoms with Crippen LogP contribution in [-0.4, -0.2) is 4.98 Å². The smallest absolute Gasteiger partial charge is 0.224 e. The molecule has 0 amide bonds. The van der Waals surface area contributed by atoms with Crippen LogP contribution in [0.15, 0.2) is 18.2 Å². The second-order valence-electron chi connectivity index (χ2n) is 5.87. The van der Waals surface area contributed by atoms with Crippen LogP contribution in [-0.2, 0) is 19.4 Å². The number of rotatable bonds is 3. The maximum Gasteiger partial charge on any atom is 0.224 e. The van der Waals surface area contributed by atoms with Crippen LogP contribution in [0.3, 0.4) is 0 Å². The van der Waals surface area contributed by atoms with Gasteiger partial charge in [0.2, 0.25) is 5.88 Å². The van der Waals surface area contributed by atoms with Gasteiger partial charge in [0, 0.05) is 17.8 Å². The topological polar surface area (TPSA) is 48.1 Å². The number of hydrogen-bond acceptors (Lipinski definition) is 3. The molecule has 3 nitrogen and oxygen atoms in total. The minimum absolute atomic E-state index is 0.458. The van der Waals surface area contributed by atoms with Crippen molar-refractivity contribution < 1.29 is 4.74 Å². The summed E-state index contributed by atoms with van der Waals surface area (Å²) in [5.41, 5.74) is 12.9. The predicted molar refractivity (Wildman–Crippen MR) is 84.9 cm³/mol. The van der Waals surface area contributed by atoms with E-state index in [1.54, 1.807) is 0 Å². The van der Waals surface area contributed by atoms with Crippen molar-refractivity contribution in [2.75, 3.05) is 0 Å². The van der Waals surface area contributed by atoms with Gasteiger partial charge in [-0.15, -0.1) is 0 Å². The quantitative estimate of drug-likeness (QED) is 0.932. The average Bonchev–Trinajstić information content (AvgIpc) is 2.93. The summed E-state index contributed by atoms with van der Waals surface area (Å²) < 4.78 is 6.18. The molecule has 0 saturated carbocycles. The zero-order valence-corrected chi connectivity index (χ0v) is 13.0. The Morgan fingerprint density at radius 1 is 1.14 bits per heavy atom. The maximum atomic E-state index is 6.18. The molecule has 0 bridgehead atoms. The molecule has 2 aromatic rings. The molecular weight excluding hydrogens is 260 g/mol. The normalized spacial score (nSPS) is 13.3. The summed E-state index contributed by atoms with van der Waals surface area (Å²) >= 11 is 0. The Morgan fingerprint density at radius 2 is 1.90 bits per heavy atom. The number of benzene rings is 1. The summed E-state index contributed by atoms with van der Waals surface area (Å²) in [6.07, 6.45) is 3.33. The van der Waals surface area contributed by atoms with Crippen LogP contribution in [0.4, 0.5) is 0 Å². The lowest BCUT2D eigenvalue weighted by Crippen LogP contribution is -2.05. The maximum absolute atomic E-state index is 6.18. The Labute approximate surface area is 126 Å². The van der Waals surface area contributed by atoms with Crippen molar-refractivity contribution in [1.29, 1.82) is 0 Å². The first-order valence-corrected chi connectivity index (χ1v) is 7.56. The first-order valence-electron chi connectivity index (χ1n) is 7.56. The number of nitrogens with zero attached hydrogens (tertiary/aromatic N) is 1. The van der Waals surface area contributed by atoms with E-state index in [1.807, 2.05) is 0 Å². The van der Waals surface area contributed by atoms with Crippen molar-refractivity contribution in [3.63, 3.8) is 0 Å². The van der Waals surface area contributed by atoms with Crippen LogP contribution in [0, 0.1) is 20.8 Å². The van der Waals surface area contributed by atoms with Gasteiger partial charge < -0.3 is 10.5 Å². The van der Waals surface area contributed by atoms with Gasteiger partial charge >= 0.3 is 0 Å². The van der Waals surface area contributed by atoms with Gasteiger partial charge in [-0.25, -0.2) is 4.98 Å². The van der Waals surface area contributed by atoms with Gasteiger partial charge in [0.25, 0.3) is 0 Å². The Balaban J connectivity index is 2.04. The van der Waals surface area contributed by atoms with E-state index in [9.17, 15) is 0 Å². The van der Waals surface area contributed by atoms with Gasteiger partial charge in [-0.05, 0) is 68.4 Å². The fraction of sp³-hybridized carbons (Fsp3) is 0.389. The Hall–Kier alpha value is -1.87. The van der Waals surface area contributed by atoms with Gasteiger partial charge in [-0.2, -0.15) is 0 Å². The monoisotopic (exact) mass is 282 g/mol. The van der Waals surface area contributed by atoms with Crippen molar-refractivity contribution in [3.05, 3.63) is 51.7 Å². The van der Waals surface area contributed by atoms with Gasteiger partial charge in [0.05, 0.1) is 0 Å². The molecule has 1 aliphatic carbocycles.